The Kier molecular flexibility index (Phi) is 4.57. The first kappa shape index (κ1) is 15.5. The molecule has 2 aromatic carbocycles. The first-order valence-corrected chi connectivity index (χ1v) is 7.77. The van der Waals surface area contributed by atoms with Gasteiger partial charge in [0.15, 0.2) is 0 Å². The van der Waals surface area contributed by atoms with Gasteiger partial charge in [-0.15, -0.1) is 0 Å². The maximum Gasteiger partial charge on any atom is 0.255 e. The molecular weight excluding hydrogens is 293 g/mol. The van der Waals surface area contributed by atoms with E-state index in [1.54, 1.807) is 18.2 Å². The third-order valence-corrected chi connectivity index (χ3v) is 4.05. The van der Waals surface area contributed by atoms with Gasteiger partial charge in [-0.1, -0.05) is 18.2 Å². The molecule has 0 radical (unpaired) electrons. The predicted molar refractivity (Wildman–Crippen MR) is 90.6 cm³/mol. The molecule has 1 amide bonds. The molecule has 1 saturated heterocycles. The average molecular weight is 313 g/mol. The van der Waals surface area contributed by atoms with Gasteiger partial charge in [0.1, 0.15) is 5.82 Å². The number of hydrogen-bond acceptors (Lipinski definition) is 3. The van der Waals surface area contributed by atoms with Crippen molar-refractivity contribution in [3.63, 3.8) is 0 Å². The molecule has 1 heterocycles. The highest BCUT2D eigenvalue weighted by Crippen LogP contribution is 2.23. The molecule has 2 N–H and O–H groups in total. The number of carbonyl (C=O) groups excluding carboxylic acids is 1. The highest BCUT2D eigenvalue weighted by Gasteiger charge is 2.15. The van der Waals surface area contributed by atoms with Crippen LogP contribution in [-0.2, 0) is 0 Å². The summed E-state index contributed by atoms with van der Waals surface area (Å²) in [6.45, 7) is 5.15. The zero-order valence-corrected chi connectivity index (χ0v) is 13.1. The number of piperazine rings is 1. The standard InChI is InChI=1S/C18H20FN3O/c1-13-4-2-3-5-15(13)18(23)21-14-6-7-17(16(19)12-14)22-10-8-20-9-11-22/h2-7,12,20H,8-11H2,1H3,(H,21,23). The topological polar surface area (TPSA) is 44.4 Å². The fourth-order valence-corrected chi connectivity index (χ4v) is 2.77. The molecule has 5 heteroatoms. The van der Waals surface area contributed by atoms with Gasteiger partial charge in [-0.2, -0.15) is 0 Å². The Morgan fingerprint density at radius 1 is 1.17 bits per heavy atom. The lowest BCUT2D eigenvalue weighted by atomic mass is 10.1. The zero-order valence-electron chi connectivity index (χ0n) is 13.1. The third-order valence-electron chi connectivity index (χ3n) is 4.05. The molecular formula is C18H20FN3O. The molecule has 0 spiro atoms. The van der Waals surface area contributed by atoms with Crippen LogP contribution < -0.4 is 15.5 Å². The first-order valence-electron chi connectivity index (χ1n) is 7.77. The molecule has 4 nitrogen and oxygen atoms in total. The molecule has 0 saturated carbocycles. The van der Waals surface area contributed by atoms with Crippen LogP contribution in [0.2, 0.25) is 0 Å². The maximum absolute atomic E-state index is 14.4. The van der Waals surface area contributed by atoms with Crippen LogP contribution in [0, 0.1) is 12.7 Å². The van der Waals surface area contributed by atoms with Crippen molar-refractivity contribution in [2.24, 2.45) is 0 Å². The van der Waals surface area contributed by atoms with E-state index in [2.05, 4.69) is 10.6 Å². The number of benzene rings is 2. The number of nitrogens with one attached hydrogen (secondary N) is 2. The summed E-state index contributed by atoms with van der Waals surface area (Å²) in [7, 11) is 0. The van der Waals surface area contributed by atoms with Crippen molar-refractivity contribution in [1.82, 2.24) is 5.32 Å². The van der Waals surface area contributed by atoms with Crippen LogP contribution in [0.1, 0.15) is 15.9 Å². The second-order valence-electron chi connectivity index (χ2n) is 5.67. The predicted octanol–water partition coefficient (Wildman–Crippen LogP) is 2.80. The summed E-state index contributed by atoms with van der Waals surface area (Å²) in [5.74, 6) is -0.535. The van der Waals surface area contributed by atoms with Crippen molar-refractivity contribution in [1.29, 1.82) is 0 Å². The van der Waals surface area contributed by atoms with Crippen LogP contribution in [0.4, 0.5) is 15.8 Å². The lowest BCUT2D eigenvalue weighted by Crippen LogP contribution is -2.43. The van der Waals surface area contributed by atoms with E-state index in [-0.39, 0.29) is 11.7 Å². The molecule has 23 heavy (non-hydrogen) atoms. The Bertz CT molecular complexity index is 711. The van der Waals surface area contributed by atoms with E-state index in [0.717, 1.165) is 31.7 Å². The Balaban J connectivity index is 1.75. The van der Waals surface area contributed by atoms with E-state index in [1.165, 1.54) is 6.07 Å². The first-order chi connectivity index (χ1) is 11.1. The van der Waals surface area contributed by atoms with Crippen LogP contribution in [0.25, 0.3) is 0 Å². The fraction of sp³-hybridized carbons (Fsp3) is 0.278. The molecule has 3 rings (SSSR count). The normalized spacial score (nSPS) is 14.6. The van der Waals surface area contributed by atoms with Crippen molar-refractivity contribution in [3.8, 4) is 0 Å². The van der Waals surface area contributed by atoms with Gasteiger partial charge in [-0.3, -0.25) is 4.79 Å². The summed E-state index contributed by atoms with van der Waals surface area (Å²) >= 11 is 0. The number of amides is 1. The summed E-state index contributed by atoms with van der Waals surface area (Å²) in [6.07, 6.45) is 0. The largest absolute Gasteiger partial charge is 0.367 e. The molecule has 1 fully saturated rings. The van der Waals surface area contributed by atoms with Crippen LogP contribution in [0.15, 0.2) is 42.5 Å². The van der Waals surface area contributed by atoms with E-state index >= 15 is 0 Å². The Morgan fingerprint density at radius 2 is 1.91 bits per heavy atom. The summed E-state index contributed by atoms with van der Waals surface area (Å²) < 4.78 is 14.4. The highest BCUT2D eigenvalue weighted by molar-refractivity contribution is 6.05. The van der Waals surface area contributed by atoms with Crippen molar-refractivity contribution in [2.75, 3.05) is 36.4 Å². The molecule has 0 aliphatic carbocycles. The van der Waals surface area contributed by atoms with Crippen LogP contribution in [0.5, 0.6) is 0 Å². The number of nitrogens with zero attached hydrogens (tertiary/aromatic N) is 1. The minimum Gasteiger partial charge on any atom is -0.367 e. The van der Waals surface area contributed by atoms with Gasteiger partial charge >= 0.3 is 0 Å². The molecule has 0 bridgehead atoms. The minimum absolute atomic E-state index is 0.225. The summed E-state index contributed by atoms with van der Waals surface area (Å²) in [4.78, 5) is 14.3. The van der Waals surface area contributed by atoms with Gasteiger partial charge in [-0.05, 0) is 36.8 Å². The fourth-order valence-electron chi connectivity index (χ4n) is 2.77. The van der Waals surface area contributed by atoms with Gasteiger partial charge in [-0.25, -0.2) is 4.39 Å². The number of carbonyl (C=O) groups is 1. The van der Waals surface area contributed by atoms with Gasteiger partial charge in [0.25, 0.3) is 5.91 Å². The summed E-state index contributed by atoms with van der Waals surface area (Å²) in [5.41, 5.74) is 2.54. The smallest absolute Gasteiger partial charge is 0.255 e. The summed E-state index contributed by atoms with van der Waals surface area (Å²) in [6, 6.07) is 12.2. The highest BCUT2D eigenvalue weighted by atomic mass is 19.1. The Labute approximate surface area is 135 Å². The number of rotatable bonds is 3. The molecule has 0 atom stereocenters. The number of halogens is 1. The van der Waals surface area contributed by atoms with Gasteiger partial charge < -0.3 is 15.5 Å². The van der Waals surface area contributed by atoms with Gasteiger partial charge in [0.05, 0.1) is 5.69 Å². The van der Waals surface area contributed by atoms with E-state index in [1.807, 2.05) is 30.0 Å². The lowest BCUT2D eigenvalue weighted by Gasteiger charge is -2.29. The van der Waals surface area contributed by atoms with Crippen molar-refractivity contribution >= 4 is 17.3 Å². The Hall–Kier alpha value is -2.40. The van der Waals surface area contributed by atoms with Crippen LogP contribution >= 0.6 is 0 Å². The quantitative estimate of drug-likeness (QED) is 0.916. The number of anilines is 2. The van der Waals surface area contributed by atoms with Crippen molar-refractivity contribution in [2.45, 2.75) is 6.92 Å². The SMILES string of the molecule is Cc1ccccc1C(=O)Nc1ccc(N2CCNCC2)c(F)c1. The third kappa shape index (κ3) is 3.51. The molecule has 0 aromatic heterocycles. The second-order valence-corrected chi connectivity index (χ2v) is 5.67. The molecule has 2 aromatic rings. The Morgan fingerprint density at radius 3 is 2.61 bits per heavy atom. The van der Waals surface area contributed by atoms with E-state index < -0.39 is 0 Å². The molecule has 0 unspecified atom stereocenters. The van der Waals surface area contributed by atoms with Crippen LogP contribution in [-0.4, -0.2) is 32.1 Å². The van der Waals surface area contributed by atoms with Gasteiger partial charge in [0.2, 0.25) is 0 Å². The number of hydrogen-bond donors (Lipinski definition) is 2. The number of aryl methyl sites for hydroxylation is 1. The summed E-state index contributed by atoms with van der Waals surface area (Å²) in [5, 5.41) is 6.00. The lowest BCUT2D eigenvalue weighted by molar-refractivity contribution is 0.102. The molecule has 1 aliphatic heterocycles. The van der Waals surface area contributed by atoms with Gasteiger partial charge in [0, 0.05) is 37.4 Å². The minimum atomic E-state index is -0.311. The van der Waals surface area contributed by atoms with E-state index in [9.17, 15) is 9.18 Å². The molecule has 1 aliphatic rings. The van der Waals surface area contributed by atoms with Crippen LogP contribution in [0.3, 0.4) is 0 Å². The average Bonchev–Trinajstić information content (AvgIpc) is 2.56. The zero-order chi connectivity index (χ0) is 16.2. The monoisotopic (exact) mass is 313 g/mol. The van der Waals surface area contributed by atoms with Crippen molar-refractivity contribution < 1.29 is 9.18 Å². The molecule has 120 valence electrons. The van der Waals surface area contributed by atoms with E-state index in [4.69, 9.17) is 0 Å². The maximum atomic E-state index is 14.4. The van der Waals surface area contributed by atoms with E-state index in [0.29, 0.717) is 16.9 Å². The van der Waals surface area contributed by atoms with Crippen molar-refractivity contribution in [3.05, 3.63) is 59.4 Å². The second kappa shape index (κ2) is 6.79.